The number of ether oxygens (including phenoxy) is 1. The molecule has 2 aromatic rings. The second-order valence-electron chi connectivity index (χ2n) is 4.72. The summed E-state index contributed by atoms with van der Waals surface area (Å²) >= 11 is 0. The molecule has 2 heteroatoms. The summed E-state index contributed by atoms with van der Waals surface area (Å²) in [5.74, 6) is 1.21. The van der Waals surface area contributed by atoms with Crippen LogP contribution >= 0.6 is 0 Å². The maximum absolute atomic E-state index is 9.46. The predicted molar refractivity (Wildman–Crippen MR) is 68.5 cm³/mol. The molecule has 0 radical (unpaired) electrons. The van der Waals surface area contributed by atoms with Gasteiger partial charge in [0.2, 0.25) is 0 Å². The van der Waals surface area contributed by atoms with Crippen molar-refractivity contribution in [2.24, 2.45) is 0 Å². The number of fused-ring (bicyclic) bond motifs is 1. The van der Waals surface area contributed by atoms with Crippen LogP contribution in [0.1, 0.15) is 25.7 Å². The first-order valence-corrected chi connectivity index (χ1v) is 6.21. The molecule has 0 bridgehead atoms. The van der Waals surface area contributed by atoms with Crippen LogP contribution in [0.3, 0.4) is 0 Å². The van der Waals surface area contributed by atoms with Crippen LogP contribution in [0.15, 0.2) is 36.4 Å². The zero-order valence-electron chi connectivity index (χ0n) is 9.73. The van der Waals surface area contributed by atoms with E-state index in [-0.39, 0.29) is 0 Å². The van der Waals surface area contributed by atoms with E-state index >= 15 is 0 Å². The van der Waals surface area contributed by atoms with E-state index in [2.05, 4.69) is 0 Å². The molecular weight excluding hydrogens is 212 g/mol. The number of aromatic hydroxyl groups is 1. The largest absolute Gasteiger partial charge is 0.508 e. The van der Waals surface area contributed by atoms with Crippen LogP contribution in [-0.4, -0.2) is 11.2 Å². The molecule has 2 nitrogen and oxygen atoms in total. The maximum atomic E-state index is 9.46. The zero-order valence-corrected chi connectivity index (χ0v) is 9.73. The van der Waals surface area contributed by atoms with E-state index in [1.807, 2.05) is 24.3 Å². The fraction of sp³-hybridized carbons (Fsp3) is 0.333. The molecule has 0 saturated heterocycles. The van der Waals surface area contributed by atoms with Gasteiger partial charge in [-0.1, -0.05) is 12.1 Å². The molecule has 1 N–H and O–H groups in total. The van der Waals surface area contributed by atoms with E-state index in [9.17, 15) is 5.11 Å². The minimum atomic E-state index is 0.301. The minimum Gasteiger partial charge on any atom is -0.508 e. The Morgan fingerprint density at radius 3 is 2.53 bits per heavy atom. The molecule has 3 rings (SSSR count). The van der Waals surface area contributed by atoms with Crippen molar-refractivity contribution in [2.45, 2.75) is 31.8 Å². The van der Waals surface area contributed by atoms with Gasteiger partial charge in [0, 0.05) is 0 Å². The normalized spacial score (nSPS) is 16.5. The van der Waals surface area contributed by atoms with Crippen LogP contribution in [0.4, 0.5) is 0 Å². The Balaban J connectivity index is 1.89. The Bertz CT molecular complexity index is 527. The lowest BCUT2D eigenvalue weighted by Crippen LogP contribution is -2.10. The second kappa shape index (κ2) is 4.28. The van der Waals surface area contributed by atoms with Crippen molar-refractivity contribution in [1.82, 2.24) is 0 Å². The molecule has 0 unspecified atom stereocenters. The monoisotopic (exact) mass is 228 g/mol. The topological polar surface area (TPSA) is 29.5 Å². The molecule has 0 spiro atoms. The molecule has 0 aromatic heterocycles. The predicted octanol–water partition coefficient (Wildman–Crippen LogP) is 3.87. The fourth-order valence-electron chi connectivity index (χ4n) is 2.48. The molecule has 1 aliphatic rings. The summed E-state index contributed by atoms with van der Waals surface area (Å²) in [7, 11) is 0. The van der Waals surface area contributed by atoms with Crippen LogP contribution < -0.4 is 4.74 Å². The van der Waals surface area contributed by atoms with E-state index in [4.69, 9.17) is 4.74 Å². The number of phenolic OH excluding ortho intramolecular Hbond substituents is 1. The van der Waals surface area contributed by atoms with Crippen molar-refractivity contribution in [3.8, 4) is 11.5 Å². The van der Waals surface area contributed by atoms with E-state index in [0.717, 1.165) is 29.4 Å². The van der Waals surface area contributed by atoms with Gasteiger partial charge in [0.15, 0.2) is 0 Å². The van der Waals surface area contributed by atoms with Gasteiger partial charge in [0.1, 0.15) is 11.5 Å². The third-order valence-electron chi connectivity index (χ3n) is 3.40. The van der Waals surface area contributed by atoms with Gasteiger partial charge in [-0.05, 0) is 60.7 Å². The maximum Gasteiger partial charge on any atom is 0.120 e. The van der Waals surface area contributed by atoms with E-state index in [1.165, 1.54) is 12.8 Å². The van der Waals surface area contributed by atoms with Crippen molar-refractivity contribution >= 4 is 10.8 Å². The van der Waals surface area contributed by atoms with E-state index < -0.39 is 0 Å². The molecular formula is C15H16O2. The summed E-state index contributed by atoms with van der Waals surface area (Å²) in [6.45, 7) is 0. The Morgan fingerprint density at radius 1 is 0.941 bits per heavy atom. The number of rotatable bonds is 2. The molecule has 0 aliphatic heterocycles. The first-order chi connectivity index (χ1) is 8.31. The summed E-state index contributed by atoms with van der Waals surface area (Å²) < 4.78 is 5.94. The van der Waals surface area contributed by atoms with Gasteiger partial charge >= 0.3 is 0 Å². The Kier molecular flexibility index (Phi) is 2.63. The van der Waals surface area contributed by atoms with Crippen LogP contribution in [0.2, 0.25) is 0 Å². The first-order valence-electron chi connectivity index (χ1n) is 6.21. The lowest BCUT2D eigenvalue weighted by Gasteiger charge is -2.13. The smallest absolute Gasteiger partial charge is 0.120 e. The van der Waals surface area contributed by atoms with Crippen LogP contribution in [0, 0.1) is 0 Å². The molecule has 0 heterocycles. The summed E-state index contributed by atoms with van der Waals surface area (Å²) in [5, 5.41) is 11.6. The summed E-state index contributed by atoms with van der Waals surface area (Å²) in [4.78, 5) is 0. The lowest BCUT2D eigenvalue weighted by atomic mass is 10.1. The highest BCUT2D eigenvalue weighted by atomic mass is 16.5. The summed E-state index contributed by atoms with van der Waals surface area (Å²) in [6.07, 6.45) is 5.26. The first kappa shape index (κ1) is 10.5. The van der Waals surface area contributed by atoms with Gasteiger partial charge in [-0.3, -0.25) is 0 Å². The quantitative estimate of drug-likeness (QED) is 0.845. The van der Waals surface area contributed by atoms with Gasteiger partial charge in [-0.2, -0.15) is 0 Å². The zero-order chi connectivity index (χ0) is 11.7. The van der Waals surface area contributed by atoms with E-state index in [1.54, 1.807) is 12.1 Å². The molecule has 1 aliphatic carbocycles. The van der Waals surface area contributed by atoms with E-state index in [0.29, 0.717) is 11.9 Å². The molecule has 1 fully saturated rings. The molecule has 88 valence electrons. The van der Waals surface area contributed by atoms with Crippen molar-refractivity contribution in [3.63, 3.8) is 0 Å². The molecule has 17 heavy (non-hydrogen) atoms. The second-order valence-corrected chi connectivity index (χ2v) is 4.72. The van der Waals surface area contributed by atoms with Crippen LogP contribution in [0.25, 0.3) is 10.8 Å². The molecule has 2 aromatic carbocycles. The average molecular weight is 228 g/mol. The van der Waals surface area contributed by atoms with Gasteiger partial charge in [-0.15, -0.1) is 0 Å². The Morgan fingerprint density at radius 2 is 1.71 bits per heavy atom. The minimum absolute atomic E-state index is 0.301. The highest BCUT2D eigenvalue weighted by Crippen LogP contribution is 2.28. The number of benzene rings is 2. The number of phenols is 1. The fourth-order valence-corrected chi connectivity index (χ4v) is 2.48. The molecule has 0 atom stereocenters. The third kappa shape index (κ3) is 2.21. The van der Waals surface area contributed by atoms with Gasteiger partial charge in [0.05, 0.1) is 6.10 Å². The SMILES string of the molecule is Oc1ccc2ccc(OC3CCCC3)cc2c1. The van der Waals surface area contributed by atoms with Crippen molar-refractivity contribution in [2.75, 3.05) is 0 Å². The standard InChI is InChI=1S/C15H16O2/c16-13-7-5-11-6-8-15(10-12(11)9-13)17-14-3-1-2-4-14/h5-10,14,16H,1-4H2. The van der Waals surface area contributed by atoms with Crippen molar-refractivity contribution < 1.29 is 9.84 Å². The number of hydrogen-bond acceptors (Lipinski definition) is 2. The summed E-state index contributed by atoms with van der Waals surface area (Å²) in [5.41, 5.74) is 0. The van der Waals surface area contributed by atoms with Crippen LogP contribution in [0.5, 0.6) is 11.5 Å². The highest BCUT2D eigenvalue weighted by Gasteiger charge is 2.16. The third-order valence-corrected chi connectivity index (χ3v) is 3.40. The highest BCUT2D eigenvalue weighted by molar-refractivity contribution is 5.85. The van der Waals surface area contributed by atoms with Crippen molar-refractivity contribution in [3.05, 3.63) is 36.4 Å². The molecule has 0 amide bonds. The van der Waals surface area contributed by atoms with Crippen molar-refractivity contribution in [1.29, 1.82) is 0 Å². The average Bonchev–Trinajstić information content (AvgIpc) is 2.81. The molecule has 1 saturated carbocycles. The lowest BCUT2D eigenvalue weighted by molar-refractivity contribution is 0.210. The van der Waals surface area contributed by atoms with Crippen LogP contribution in [-0.2, 0) is 0 Å². The van der Waals surface area contributed by atoms with Gasteiger partial charge < -0.3 is 9.84 Å². The van der Waals surface area contributed by atoms with Gasteiger partial charge in [-0.25, -0.2) is 0 Å². The Labute approximate surface area is 101 Å². The summed E-state index contributed by atoms with van der Waals surface area (Å²) in [6, 6.07) is 11.5. The van der Waals surface area contributed by atoms with Gasteiger partial charge in [0.25, 0.3) is 0 Å². The Hall–Kier alpha value is -1.70. The number of hydrogen-bond donors (Lipinski definition) is 1.